The Balaban J connectivity index is 2.02. The highest BCUT2D eigenvalue weighted by atomic mass is 16.5. The zero-order chi connectivity index (χ0) is 14.4. The Hall–Kier alpha value is -2.56. The van der Waals surface area contributed by atoms with Crippen LogP contribution in [0.1, 0.15) is 15.9 Å². The average molecular weight is 271 g/mol. The first-order chi connectivity index (χ1) is 9.74. The first-order valence-corrected chi connectivity index (χ1v) is 6.28. The SMILES string of the molecule is CNC(=O)c1ccc(CNc2cccnc2OC)cc1. The second-order valence-corrected chi connectivity index (χ2v) is 4.19. The van der Waals surface area contributed by atoms with Gasteiger partial charge < -0.3 is 15.4 Å². The van der Waals surface area contributed by atoms with Crippen molar-refractivity contribution in [2.45, 2.75) is 6.54 Å². The number of anilines is 1. The average Bonchev–Trinajstić information content (AvgIpc) is 2.53. The maximum absolute atomic E-state index is 11.4. The maximum Gasteiger partial charge on any atom is 0.251 e. The highest BCUT2D eigenvalue weighted by molar-refractivity contribution is 5.93. The third kappa shape index (κ3) is 3.26. The molecule has 0 unspecified atom stereocenters. The van der Waals surface area contributed by atoms with Gasteiger partial charge in [-0.1, -0.05) is 12.1 Å². The van der Waals surface area contributed by atoms with Crippen molar-refractivity contribution in [3.05, 3.63) is 53.7 Å². The van der Waals surface area contributed by atoms with Gasteiger partial charge in [0.1, 0.15) is 0 Å². The van der Waals surface area contributed by atoms with Crippen molar-refractivity contribution in [3.63, 3.8) is 0 Å². The Morgan fingerprint density at radius 3 is 2.65 bits per heavy atom. The molecule has 2 aromatic rings. The number of ether oxygens (including phenoxy) is 1. The number of methoxy groups -OCH3 is 1. The highest BCUT2D eigenvalue weighted by Gasteiger charge is 2.04. The zero-order valence-corrected chi connectivity index (χ0v) is 11.5. The van der Waals surface area contributed by atoms with Crippen LogP contribution in [-0.4, -0.2) is 25.0 Å². The fourth-order valence-electron chi connectivity index (χ4n) is 1.80. The van der Waals surface area contributed by atoms with Gasteiger partial charge in [-0.3, -0.25) is 4.79 Å². The van der Waals surface area contributed by atoms with E-state index in [0.717, 1.165) is 11.3 Å². The number of amides is 1. The predicted octanol–water partition coefficient (Wildman–Crippen LogP) is 2.06. The lowest BCUT2D eigenvalue weighted by Gasteiger charge is -2.10. The zero-order valence-electron chi connectivity index (χ0n) is 11.5. The molecule has 1 amide bonds. The second kappa shape index (κ2) is 6.56. The minimum atomic E-state index is -0.0848. The van der Waals surface area contributed by atoms with Crippen molar-refractivity contribution >= 4 is 11.6 Å². The monoisotopic (exact) mass is 271 g/mol. The molecule has 0 fully saturated rings. The van der Waals surface area contributed by atoms with Crippen LogP contribution < -0.4 is 15.4 Å². The quantitative estimate of drug-likeness (QED) is 0.873. The largest absolute Gasteiger partial charge is 0.480 e. The van der Waals surface area contributed by atoms with Gasteiger partial charge in [-0.25, -0.2) is 4.98 Å². The highest BCUT2D eigenvalue weighted by Crippen LogP contribution is 2.20. The number of pyridine rings is 1. The van der Waals surface area contributed by atoms with Crippen molar-refractivity contribution in [1.29, 1.82) is 0 Å². The van der Waals surface area contributed by atoms with Gasteiger partial charge in [-0.15, -0.1) is 0 Å². The minimum Gasteiger partial charge on any atom is -0.480 e. The molecule has 2 N–H and O–H groups in total. The number of hydrogen-bond donors (Lipinski definition) is 2. The van der Waals surface area contributed by atoms with Gasteiger partial charge in [0.15, 0.2) is 0 Å². The van der Waals surface area contributed by atoms with Crippen LogP contribution >= 0.6 is 0 Å². The second-order valence-electron chi connectivity index (χ2n) is 4.19. The lowest BCUT2D eigenvalue weighted by Crippen LogP contribution is -2.17. The summed E-state index contributed by atoms with van der Waals surface area (Å²) in [6.07, 6.45) is 1.68. The molecule has 0 aliphatic heterocycles. The predicted molar refractivity (Wildman–Crippen MR) is 77.9 cm³/mol. The van der Waals surface area contributed by atoms with E-state index >= 15 is 0 Å². The molecule has 0 radical (unpaired) electrons. The molecule has 1 heterocycles. The van der Waals surface area contributed by atoms with E-state index < -0.39 is 0 Å². The first kappa shape index (κ1) is 13.9. The van der Waals surface area contributed by atoms with Crippen LogP contribution in [0.2, 0.25) is 0 Å². The Labute approximate surface area is 118 Å². The van der Waals surface area contributed by atoms with Gasteiger partial charge in [0, 0.05) is 25.4 Å². The van der Waals surface area contributed by atoms with Crippen LogP contribution in [0, 0.1) is 0 Å². The summed E-state index contributed by atoms with van der Waals surface area (Å²) in [7, 11) is 3.21. The fourth-order valence-corrected chi connectivity index (χ4v) is 1.80. The number of nitrogens with zero attached hydrogens (tertiary/aromatic N) is 1. The summed E-state index contributed by atoms with van der Waals surface area (Å²) in [6.45, 7) is 0.635. The van der Waals surface area contributed by atoms with Gasteiger partial charge in [0.05, 0.1) is 12.8 Å². The summed E-state index contributed by atoms with van der Waals surface area (Å²) < 4.78 is 5.17. The van der Waals surface area contributed by atoms with Gasteiger partial charge in [-0.2, -0.15) is 0 Å². The van der Waals surface area contributed by atoms with Gasteiger partial charge in [0.25, 0.3) is 5.91 Å². The summed E-state index contributed by atoms with van der Waals surface area (Å²) in [5, 5.41) is 5.85. The van der Waals surface area contributed by atoms with E-state index in [1.807, 2.05) is 24.3 Å². The van der Waals surface area contributed by atoms with Crippen LogP contribution in [-0.2, 0) is 6.54 Å². The summed E-state index contributed by atoms with van der Waals surface area (Å²) in [5.74, 6) is 0.480. The first-order valence-electron chi connectivity index (χ1n) is 6.28. The number of nitrogens with one attached hydrogen (secondary N) is 2. The molecule has 0 aliphatic carbocycles. The van der Waals surface area contributed by atoms with Crippen molar-refractivity contribution in [1.82, 2.24) is 10.3 Å². The fraction of sp³-hybridized carbons (Fsp3) is 0.200. The number of carbonyl (C=O) groups is 1. The molecule has 5 heteroatoms. The molecule has 5 nitrogen and oxygen atoms in total. The van der Waals surface area contributed by atoms with Crippen LogP contribution in [0.3, 0.4) is 0 Å². The molecule has 0 atom stereocenters. The van der Waals surface area contributed by atoms with E-state index in [1.165, 1.54) is 0 Å². The molecular formula is C15H17N3O2. The minimum absolute atomic E-state index is 0.0848. The molecule has 1 aromatic heterocycles. The molecule has 0 spiro atoms. The topological polar surface area (TPSA) is 63.2 Å². The molecule has 104 valence electrons. The van der Waals surface area contributed by atoms with Crippen molar-refractivity contribution < 1.29 is 9.53 Å². The third-order valence-electron chi connectivity index (χ3n) is 2.89. The summed E-state index contributed by atoms with van der Waals surface area (Å²) in [4.78, 5) is 15.6. The van der Waals surface area contributed by atoms with Crippen LogP contribution in [0.5, 0.6) is 5.88 Å². The molecule has 20 heavy (non-hydrogen) atoms. The van der Waals surface area contributed by atoms with E-state index in [1.54, 1.807) is 32.5 Å². The van der Waals surface area contributed by atoms with Crippen LogP contribution in [0.25, 0.3) is 0 Å². The molecule has 0 aliphatic rings. The van der Waals surface area contributed by atoms with Crippen LogP contribution in [0.15, 0.2) is 42.6 Å². The number of carbonyl (C=O) groups excluding carboxylic acids is 1. The molecular weight excluding hydrogens is 254 g/mol. The van der Waals surface area contributed by atoms with E-state index in [-0.39, 0.29) is 5.91 Å². The Morgan fingerprint density at radius 1 is 1.25 bits per heavy atom. The standard InChI is InChI=1S/C15H17N3O2/c1-16-14(19)12-7-5-11(6-8-12)10-18-13-4-3-9-17-15(13)20-2/h3-9,18H,10H2,1-2H3,(H,16,19). The van der Waals surface area contributed by atoms with Crippen molar-refractivity contribution in [2.24, 2.45) is 0 Å². The van der Waals surface area contributed by atoms with Crippen molar-refractivity contribution in [3.8, 4) is 5.88 Å². The number of rotatable bonds is 5. The Bertz CT molecular complexity index is 582. The van der Waals surface area contributed by atoms with E-state index in [0.29, 0.717) is 18.0 Å². The molecule has 0 bridgehead atoms. The number of aromatic nitrogens is 1. The van der Waals surface area contributed by atoms with E-state index in [9.17, 15) is 4.79 Å². The third-order valence-corrected chi connectivity index (χ3v) is 2.89. The van der Waals surface area contributed by atoms with Gasteiger partial charge in [-0.05, 0) is 29.8 Å². The lowest BCUT2D eigenvalue weighted by molar-refractivity contribution is 0.0963. The number of hydrogen-bond acceptors (Lipinski definition) is 4. The van der Waals surface area contributed by atoms with Crippen molar-refractivity contribution in [2.75, 3.05) is 19.5 Å². The van der Waals surface area contributed by atoms with E-state index in [4.69, 9.17) is 4.74 Å². The Kier molecular flexibility index (Phi) is 4.55. The Morgan fingerprint density at radius 2 is 2.00 bits per heavy atom. The van der Waals surface area contributed by atoms with Gasteiger partial charge in [0.2, 0.25) is 5.88 Å². The smallest absolute Gasteiger partial charge is 0.251 e. The lowest BCUT2D eigenvalue weighted by atomic mass is 10.1. The molecule has 0 saturated heterocycles. The summed E-state index contributed by atoms with van der Waals surface area (Å²) >= 11 is 0. The van der Waals surface area contributed by atoms with Crippen LogP contribution in [0.4, 0.5) is 5.69 Å². The number of benzene rings is 1. The molecule has 0 saturated carbocycles. The molecule has 1 aromatic carbocycles. The van der Waals surface area contributed by atoms with E-state index in [2.05, 4.69) is 15.6 Å². The normalized spacial score (nSPS) is 9.90. The summed E-state index contributed by atoms with van der Waals surface area (Å²) in [6, 6.07) is 11.2. The maximum atomic E-state index is 11.4. The summed E-state index contributed by atoms with van der Waals surface area (Å²) in [5.41, 5.74) is 2.56. The van der Waals surface area contributed by atoms with Gasteiger partial charge >= 0.3 is 0 Å². The molecule has 2 rings (SSSR count).